The lowest BCUT2D eigenvalue weighted by molar-refractivity contribution is -0.153. The van der Waals surface area contributed by atoms with Crippen molar-refractivity contribution in [2.75, 3.05) is 45.9 Å². The molecule has 1 aromatic heterocycles. The van der Waals surface area contributed by atoms with Crippen molar-refractivity contribution in [3.8, 4) is 11.6 Å². The van der Waals surface area contributed by atoms with Crippen LogP contribution < -0.4 is 15.4 Å². The Balaban J connectivity index is 1.14. The summed E-state index contributed by atoms with van der Waals surface area (Å²) in [4.78, 5) is 83.4. The van der Waals surface area contributed by atoms with Crippen LogP contribution in [0, 0.1) is 0 Å². The molecule has 6 rings (SSSR count). The smallest absolute Gasteiger partial charge is 0.409 e. The number of likely N-dealkylation sites (tertiary alicyclic amines) is 1. The van der Waals surface area contributed by atoms with Crippen LogP contribution in [-0.4, -0.2) is 130 Å². The van der Waals surface area contributed by atoms with Crippen molar-refractivity contribution in [1.82, 2.24) is 35.1 Å². The molecule has 0 unspecified atom stereocenters. The molecule has 53 heavy (non-hydrogen) atoms. The number of nitrogens with zero attached hydrogens (tertiary/aromatic N) is 5. The zero-order valence-electron chi connectivity index (χ0n) is 30.2. The molecule has 1 aromatic carbocycles. The highest BCUT2D eigenvalue weighted by molar-refractivity contribution is 5.96. The standard InChI is InChI=1S/C37H49N7O9/c1-2-51-37(50)42-21-19-41(20-22-42)36(49)28(16-17-33(46)53-27-13-7-14-27)39-34(47)29-23-32(44(40-29)26-11-4-3-5-12-26)52-24-31(45)43-18-8-15-30(43)35(48)38-25-9-6-10-25/h3-5,11-12,23,25,27-28,30H,2,6-10,13-22,24H2,1H3,(H,38,48)(H,39,47)/t28-,30-/m0/s1. The molecule has 0 spiro atoms. The Bertz CT molecular complexity index is 1630. The summed E-state index contributed by atoms with van der Waals surface area (Å²) in [7, 11) is 0. The summed E-state index contributed by atoms with van der Waals surface area (Å²) in [6.07, 6.45) is 6.24. The molecule has 0 radical (unpaired) electrons. The number of ether oxygens (including phenoxy) is 3. The maximum atomic E-state index is 13.8. The third-order valence-corrected chi connectivity index (χ3v) is 10.3. The van der Waals surface area contributed by atoms with Gasteiger partial charge < -0.3 is 39.5 Å². The molecule has 286 valence electrons. The van der Waals surface area contributed by atoms with Crippen LogP contribution in [0.1, 0.15) is 81.6 Å². The van der Waals surface area contributed by atoms with E-state index >= 15 is 0 Å². The number of carbonyl (C=O) groups excluding carboxylic acids is 6. The molecule has 2 aliphatic heterocycles. The number of rotatable bonds is 14. The molecule has 16 heteroatoms. The van der Waals surface area contributed by atoms with Gasteiger partial charge in [-0.2, -0.15) is 5.10 Å². The highest BCUT2D eigenvalue weighted by atomic mass is 16.6. The highest BCUT2D eigenvalue weighted by Crippen LogP contribution is 2.25. The lowest BCUT2D eigenvalue weighted by atomic mass is 9.93. The fraction of sp³-hybridized carbons (Fsp3) is 0.595. The number of aromatic nitrogens is 2. The molecule has 4 aliphatic rings. The second kappa shape index (κ2) is 17.6. The van der Waals surface area contributed by atoms with Gasteiger partial charge in [-0.15, -0.1) is 0 Å². The Hall–Kier alpha value is -5.15. The van der Waals surface area contributed by atoms with E-state index in [0.29, 0.717) is 25.1 Å². The molecule has 2 aromatic rings. The first kappa shape index (κ1) is 37.6. The predicted molar refractivity (Wildman–Crippen MR) is 189 cm³/mol. The zero-order chi connectivity index (χ0) is 37.3. The average molecular weight is 736 g/mol. The first-order valence-corrected chi connectivity index (χ1v) is 18.8. The van der Waals surface area contributed by atoms with Crippen LogP contribution >= 0.6 is 0 Å². The number of esters is 1. The van der Waals surface area contributed by atoms with Crippen molar-refractivity contribution >= 4 is 35.7 Å². The Kier molecular flexibility index (Phi) is 12.5. The van der Waals surface area contributed by atoms with E-state index < -0.39 is 36.0 Å². The summed E-state index contributed by atoms with van der Waals surface area (Å²) >= 11 is 0. The monoisotopic (exact) mass is 735 g/mol. The van der Waals surface area contributed by atoms with Crippen LogP contribution in [0.5, 0.6) is 5.88 Å². The first-order valence-electron chi connectivity index (χ1n) is 18.8. The van der Waals surface area contributed by atoms with Crippen LogP contribution in [0.4, 0.5) is 4.79 Å². The molecule has 3 heterocycles. The van der Waals surface area contributed by atoms with E-state index in [2.05, 4.69) is 15.7 Å². The van der Waals surface area contributed by atoms with Gasteiger partial charge in [0.05, 0.1) is 12.3 Å². The largest absolute Gasteiger partial charge is 0.467 e. The van der Waals surface area contributed by atoms with Crippen LogP contribution in [0.15, 0.2) is 36.4 Å². The van der Waals surface area contributed by atoms with Crippen molar-refractivity contribution in [3.63, 3.8) is 0 Å². The van der Waals surface area contributed by atoms with E-state index in [1.165, 1.54) is 15.6 Å². The van der Waals surface area contributed by atoms with Gasteiger partial charge in [-0.1, -0.05) is 18.2 Å². The molecule has 2 N–H and O–H groups in total. The normalized spacial score (nSPS) is 19.4. The van der Waals surface area contributed by atoms with Gasteiger partial charge in [0.25, 0.3) is 11.8 Å². The van der Waals surface area contributed by atoms with Gasteiger partial charge in [0, 0.05) is 51.3 Å². The fourth-order valence-corrected chi connectivity index (χ4v) is 6.77. The summed E-state index contributed by atoms with van der Waals surface area (Å²) in [5, 5.41) is 10.3. The number of piperazine rings is 1. The Labute approximate surface area is 308 Å². The molecule has 2 saturated heterocycles. The van der Waals surface area contributed by atoms with Crippen molar-refractivity contribution in [1.29, 1.82) is 0 Å². The number of benzene rings is 1. The maximum absolute atomic E-state index is 13.8. The van der Waals surface area contributed by atoms with Crippen molar-refractivity contribution in [2.45, 2.75) is 95.4 Å². The summed E-state index contributed by atoms with van der Waals surface area (Å²) in [6.45, 7) is 3.01. The molecule has 5 amide bonds. The minimum atomic E-state index is -1.09. The van der Waals surface area contributed by atoms with Gasteiger partial charge >= 0.3 is 12.1 Å². The molecule has 2 saturated carbocycles. The van der Waals surface area contributed by atoms with Crippen LogP contribution in [-0.2, 0) is 28.7 Å². The zero-order valence-corrected chi connectivity index (χ0v) is 30.2. The predicted octanol–water partition coefficient (Wildman–Crippen LogP) is 2.19. The van der Waals surface area contributed by atoms with Gasteiger partial charge in [-0.25, -0.2) is 9.48 Å². The minimum Gasteiger partial charge on any atom is -0.467 e. The molecule has 2 atom stereocenters. The molecular formula is C37H49N7O9. The average Bonchev–Trinajstić information content (AvgIpc) is 3.81. The number of hydrogen-bond acceptors (Lipinski definition) is 10. The maximum Gasteiger partial charge on any atom is 0.409 e. The summed E-state index contributed by atoms with van der Waals surface area (Å²) in [5.74, 6) is -1.90. The van der Waals surface area contributed by atoms with Gasteiger partial charge in [-0.3, -0.25) is 24.0 Å². The second-order valence-electron chi connectivity index (χ2n) is 13.9. The highest BCUT2D eigenvalue weighted by Gasteiger charge is 2.36. The lowest BCUT2D eigenvalue weighted by Crippen LogP contribution is -2.56. The topological polar surface area (TPSA) is 182 Å². The number of hydrogen-bond donors (Lipinski definition) is 2. The summed E-state index contributed by atoms with van der Waals surface area (Å²) in [5.41, 5.74) is 0.496. The molecular weight excluding hydrogens is 686 g/mol. The van der Waals surface area contributed by atoms with E-state index in [-0.39, 0.29) is 87.8 Å². The Morgan fingerprint density at radius 2 is 1.60 bits per heavy atom. The van der Waals surface area contributed by atoms with Crippen LogP contribution in [0.25, 0.3) is 5.69 Å². The summed E-state index contributed by atoms with van der Waals surface area (Å²) < 4.78 is 18.0. The van der Waals surface area contributed by atoms with Crippen LogP contribution in [0.3, 0.4) is 0 Å². The molecule has 4 fully saturated rings. The summed E-state index contributed by atoms with van der Waals surface area (Å²) in [6, 6.07) is 8.86. The lowest BCUT2D eigenvalue weighted by Gasteiger charge is -2.36. The number of nitrogens with one attached hydrogen (secondary N) is 2. The Morgan fingerprint density at radius 3 is 2.26 bits per heavy atom. The third kappa shape index (κ3) is 9.45. The molecule has 2 aliphatic carbocycles. The van der Waals surface area contributed by atoms with Crippen LogP contribution in [0.2, 0.25) is 0 Å². The van der Waals surface area contributed by atoms with E-state index in [0.717, 1.165) is 38.5 Å². The van der Waals surface area contributed by atoms with E-state index in [9.17, 15) is 28.8 Å². The number of para-hydroxylation sites is 1. The van der Waals surface area contributed by atoms with Crippen molar-refractivity contribution in [3.05, 3.63) is 42.1 Å². The van der Waals surface area contributed by atoms with Gasteiger partial charge in [0.2, 0.25) is 17.7 Å². The molecule has 0 bridgehead atoms. The quantitative estimate of drug-likeness (QED) is 0.273. The minimum absolute atomic E-state index is 0.00318. The van der Waals surface area contributed by atoms with Gasteiger partial charge in [-0.05, 0) is 76.8 Å². The third-order valence-electron chi connectivity index (χ3n) is 10.3. The Morgan fingerprint density at radius 1 is 0.887 bits per heavy atom. The number of carbonyl (C=O) groups is 6. The first-order chi connectivity index (χ1) is 25.7. The van der Waals surface area contributed by atoms with E-state index in [1.807, 2.05) is 6.07 Å². The van der Waals surface area contributed by atoms with E-state index in [1.54, 1.807) is 41.0 Å². The van der Waals surface area contributed by atoms with Gasteiger partial charge in [0.1, 0.15) is 18.2 Å². The number of amides is 5. The van der Waals surface area contributed by atoms with Crippen molar-refractivity contribution < 1.29 is 43.0 Å². The fourth-order valence-electron chi connectivity index (χ4n) is 6.77. The van der Waals surface area contributed by atoms with Crippen molar-refractivity contribution in [2.24, 2.45) is 0 Å². The second-order valence-corrected chi connectivity index (χ2v) is 13.9. The van der Waals surface area contributed by atoms with Gasteiger partial charge in [0.15, 0.2) is 12.3 Å². The molecule has 16 nitrogen and oxygen atoms in total. The SMILES string of the molecule is CCOC(=O)N1CCN(C(=O)[C@H](CCC(=O)OC2CCC2)NC(=O)c2cc(OCC(=O)N3CCC[C@H]3C(=O)NC3CCC3)n(-c3ccccc3)n2)CC1. The van der Waals surface area contributed by atoms with E-state index in [4.69, 9.17) is 14.2 Å².